The fourth-order valence-electron chi connectivity index (χ4n) is 3.64. The third-order valence-corrected chi connectivity index (χ3v) is 5.60. The molecule has 1 heterocycles. The van der Waals surface area contributed by atoms with E-state index in [1.54, 1.807) is 0 Å². The van der Waals surface area contributed by atoms with Crippen molar-refractivity contribution in [2.45, 2.75) is 57.9 Å². The van der Waals surface area contributed by atoms with Crippen LogP contribution in [0.15, 0.2) is 0 Å². The third kappa shape index (κ3) is 3.71. The Bertz CT molecular complexity index is 274. The Morgan fingerprint density at radius 3 is 2.21 bits per heavy atom. The van der Waals surface area contributed by atoms with Crippen LogP contribution in [0.25, 0.3) is 0 Å². The Morgan fingerprint density at radius 1 is 1.11 bits per heavy atom. The predicted octanol–water partition coefficient (Wildman–Crippen LogP) is 2.64. The van der Waals surface area contributed by atoms with Gasteiger partial charge in [-0.15, -0.1) is 0 Å². The van der Waals surface area contributed by atoms with Crippen molar-refractivity contribution in [3.05, 3.63) is 0 Å². The molecule has 2 fully saturated rings. The second kappa shape index (κ2) is 6.11. The predicted molar refractivity (Wildman–Crippen MR) is 80.2 cm³/mol. The van der Waals surface area contributed by atoms with E-state index in [2.05, 4.69) is 25.8 Å². The normalized spacial score (nSPS) is 27.6. The van der Waals surface area contributed by atoms with Crippen molar-refractivity contribution in [1.29, 1.82) is 0 Å². The van der Waals surface area contributed by atoms with Gasteiger partial charge in [0.15, 0.2) is 0 Å². The van der Waals surface area contributed by atoms with E-state index in [1.807, 2.05) is 0 Å². The van der Waals surface area contributed by atoms with Crippen LogP contribution in [0.4, 0.5) is 0 Å². The van der Waals surface area contributed by atoms with E-state index in [0.29, 0.717) is 5.41 Å². The lowest BCUT2D eigenvalue weighted by Crippen LogP contribution is -2.56. The zero-order valence-corrected chi connectivity index (χ0v) is 13.1. The average molecular weight is 268 g/mol. The minimum atomic E-state index is 0.258. The monoisotopic (exact) mass is 268 g/mol. The maximum Gasteiger partial charge on any atom is 0.0469 e. The summed E-state index contributed by atoms with van der Waals surface area (Å²) in [6, 6.07) is 0. The fraction of sp³-hybridized carbons (Fsp3) is 1.00. The van der Waals surface area contributed by atoms with E-state index >= 15 is 0 Å². The van der Waals surface area contributed by atoms with E-state index in [4.69, 9.17) is 10.5 Å². The average Bonchev–Trinajstić information content (AvgIpc) is 2.40. The first-order valence-electron chi connectivity index (χ1n) is 7.97. The molecule has 0 bridgehead atoms. The van der Waals surface area contributed by atoms with Gasteiger partial charge in [0.05, 0.1) is 0 Å². The van der Waals surface area contributed by atoms with Crippen LogP contribution in [0.2, 0.25) is 0 Å². The van der Waals surface area contributed by atoms with Gasteiger partial charge in [-0.2, -0.15) is 0 Å². The highest BCUT2D eigenvalue weighted by Crippen LogP contribution is 2.42. The topological polar surface area (TPSA) is 38.5 Å². The van der Waals surface area contributed by atoms with Gasteiger partial charge in [0, 0.05) is 31.8 Å². The van der Waals surface area contributed by atoms with Gasteiger partial charge in [-0.25, -0.2) is 0 Å². The van der Waals surface area contributed by atoms with Crippen molar-refractivity contribution in [2.24, 2.45) is 17.1 Å². The molecule has 3 nitrogen and oxygen atoms in total. The molecule has 19 heavy (non-hydrogen) atoms. The number of nitrogens with two attached hydrogens (primary N) is 1. The first-order valence-corrected chi connectivity index (χ1v) is 7.97. The molecule has 0 aromatic rings. The van der Waals surface area contributed by atoms with Gasteiger partial charge in [0.1, 0.15) is 0 Å². The van der Waals surface area contributed by atoms with Gasteiger partial charge in [-0.3, -0.25) is 4.90 Å². The summed E-state index contributed by atoms with van der Waals surface area (Å²) in [5.74, 6) is 0.803. The van der Waals surface area contributed by atoms with Crippen molar-refractivity contribution in [1.82, 2.24) is 4.90 Å². The molecule has 0 spiro atoms. The summed E-state index contributed by atoms with van der Waals surface area (Å²) in [5.41, 5.74) is 6.94. The lowest BCUT2D eigenvalue weighted by Gasteiger charge is -2.49. The van der Waals surface area contributed by atoms with Crippen molar-refractivity contribution >= 4 is 0 Å². The van der Waals surface area contributed by atoms with Gasteiger partial charge >= 0.3 is 0 Å². The molecule has 1 aliphatic heterocycles. The number of rotatable bonds is 4. The summed E-state index contributed by atoms with van der Waals surface area (Å²) in [7, 11) is 2.29. The van der Waals surface area contributed by atoms with Crippen molar-refractivity contribution in [3.8, 4) is 0 Å². The quantitative estimate of drug-likeness (QED) is 0.852. The van der Waals surface area contributed by atoms with E-state index in [1.165, 1.54) is 45.1 Å². The molecule has 1 aliphatic carbocycles. The Kier molecular flexibility index (Phi) is 4.91. The first-order chi connectivity index (χ1) is 8.97. The Labute approximate surface area is 118 Å². The molecule has 0 radical (unpaired) electrons. The number of likely N-dealkylation sites (N-methyl/N-ethyl adjacent to an activating group) is 1. The first kappa shape index (κ1) is 15.3. The van der Waals surface area contributed by atoms with Gasteiger partial charge in [-0.05, 0) is 56.9 Å². The highest BCUT2D eigenvalue weighted by atomic mass is 16.5. The summed E-state index contributed by atoms with van der Waals surface area (Å²) in [4.78, 5) is 2.58. The molecule has 0 aromatic carbocycles. The van der Waals surface area contributed by atoms with E-state index < -0.39 is 0 Å². The summed E-state index contributed by atoms with van der Waals surface area (Å²) in [6.45, 7) is 8.68. The van der Waals surface area contributed by atoms with Crippen molar-refractivity contribution in [2.75, 3.05) is 33.4 Å². The Morgan fingerprint density at radius 2 is 1.68 bits per heavy atom. The van der Waals surface area contributed by atoms with Crippen molar-refractivity contribution in [3.63, 3.8) is 0 Å². The van der Waals surface area contributed by atoms with Crippen LogP contribution < -0.4 is 5.73 Å². The molecule has 0 atom stereocenters. The second-order valence-corrected chi connectivity index (χ2v) is 7.53. The van der Waals surface area contributed by atoms with Gasteiger partial charge in [-0.1, -0.05) is 13.8 Å². The smallest absolute Gasteiger partial charge is 0.0469 e. The lowest BCUT2D eigenvalue weighted by molar-refractivity contribution is 0.00643. The largest absolute Gasteiger partial charge is 0.381 e. The van der Waals surface area contributed by atoms with Gasteiger partial charge < -0.3 is 10.5 Å². The van der Waals surface area contributed by atoms with Crippen LogP contribution in [0.3, 0.4) is 0 Å². The molecule has 1 saturated heterocycles. The molecule has 112 valence electrons. The molecule has 2 N–H and O–H groups in total. The minimum absolute atomic E-state index is 0.258. The summed E-state index contributed by atoms with van der Waals surface area (Å²) < 4.78 is 5.46. The van der Waals surface area contributed by atoms with E-state index in [-0.39, 0.29) is 5.54 Å². The maximum absolute atomic E-state index is 6.17. The van der Waals surface area contributed by atoms with Crippen LogP contribution in [0.1, 0.15) is 52.4 Å². The molecule has 2 aliphatic rings. The molecule has 0 amide bonds. The standard InChI is InChI=1S/C16H32N2O/c1-15(2)6-8-16(13-17,9-7-15)18(3)12-14-4-10-19-11-5-14/h14H,4-13,17H2,1-3H3. The zero-order chi connectivity index (χ0) is 13.9. The number of hydrogen-bond donors (Lipinski definition) is 1. The lowest BCUT2D eigenvalue weighted by atomic mass is 9.68. The molecular formula is C16H32N2O. The fourth-order valence-corrected chi connectivity index (χ4v) is 3.64. The summed E-state index contributed by atoms with van der Waals surface area (Å²) >= 11 is 0. The minimum Gasteiger partial charge on any atom is -0.381 e. The van der Waals surface area contributed by atoms with Crippen LogP contribution in [-0.2, 0) is 4.74 Å². The number of ether oxygens (including phenoxy) is 1. The molecule has 2 rings (SSSR count). The summed E-state index contributed by atoms with van der Waals surface area (Å²) in [5, 5.41) is 0. The SMILES string of the molecule is CN(CC1CCOCC1)C1(CN)CCC(C)(C)CC1. The number of hydrogen-bond acceptors (Lipinski definition) is 3. The Balaban J connectivity index is 1.92. The highest BCUT2D eigenvalue weighted by molar-refractivity contribution is 4.97. The van der Waals surface area contributed by atoms with Crippen LogP contribution >= 0.6 is 0 Å². The van der Waals surface area contributed by atoms with Crippen LogP contribution in [-0.4, -0.2) is 43.8 Å². The van der Waals surface area contributed by atoms with Crippen LogP contribution in [0, 0.1) is 11.3 Å². The summed E-state index contributed by atoms with van der Waals surface area (Å²) in [6.07, 6.45) is 7.57. The van der Waals surface area contributed by atoms with Gasteiger partial charge in [0.25, 0.3) is 0 Å². The van der Waals surface area contributed by atoms with Crippen molar-refractivity contribution < 1.29 is 4.74 Å². The van der Waals surface area contributed by atoms with E-state index in [9.17, 15) is 0 Å². The molecular weight excluding hydrogens is 236 g/mol. The number of nitrogens with zero attached hydrogens (tertiary/aromatic N) is 1. The van der Waals surface area contributed by atoms with Crippen LogP contribution in [0.5, 0.6) is 0 Å². The maximum atomic E-state index is 6.17. The second-order valence-electron chi connectivity index (χ2n) is 7.53. The third-order valence-electron chi connectivity index (χ3n) is 5.60. The Hall–Kier alpha value is -0.120. The highest BCUT2D eigenvalue weighted by Gasteiger charge is 2.40. The zero-order valence-electron chi connectivity index (χ0n) is 13.1. The van der Waals surface area contributed by atoms with E-state index in [0.717, 1.165) is 25.7 Å². The molecule has 0 unspecified atom stereocenters. The molecule has 0 aromatic heterocycles. The van der Waals surface area contributed by atoms with Gasteiger partial charge in [0.2, 0.25) is 0 Å². The molecule has 3 heteroatoms. The molecule has 1 saturated carbocycles.